The van der Waals surface area contributed by atoms with Gasteiger partial charge in [-0.25, -0.2) is 18.0 Å². The molecule has 11 nitrogen and oxygen atoms in total. The first-order valence-electron chi connectivity index (χ1n) is 18.7. The molecule has 6 aliphatic rings. The zero-order valence-electron chi connectivity index (χ0n) is 30.9. The highest BCUT2D eigenvalue weighted by molar-refractivity contribution is 7.23. The summed E-state index contributed by atoms with van der Waals surface area (Å²) in [6.45, 7) is 7.36. The number of morpholine rings is 1. The van der Waals surface area contributed by atoms with E-state index in [0.29, 0.717) is 36.1 Å². The molecular weight excluding hydrogens is 763 g/mol. The SMILES string of the molecule is CCNc1nc(OC)nc2c(F)c(-c3ccc(F)c4sc(N)c(C#N)c34)c(C(F)(F)F)cc12.FC1CC2CCCN2C1.O=C(N1CCCC1)N1CC2CC(C1)O2. The number of nitrogens with zero attached hydrogens (tertiary/aromatic N) is 6. The van der Waals surface area contributed by atoms with Gasteiger partial charge in [-0.3, -0.25) is 4.90 Å². The van der Waals surface area contributed by atoms with Crippen LogP contribution in [0, 0.1) is 23.0 Å². The Hall–Kier alpha value is -4.60. The van der Waals surface area contributed by atoms with Crippen LogP contribution in [0.4, 0.5) is 42.0 Å². The number of fused-ring (bicyclic) bond motifs is 5. The number of thiophene rings is 1. The Balaban J connectivity index is 0.000000167. The van der Waals surface area contributed by atoms with Gasteiger partial charge in [0.05, 0.1) is 35.1 Å². The van der Waals surface area contributed by atoms with Crippen LogP contribution in [0.1, 0.15) is 56.6 Å². The largest absolute Gasteiger partial charge is 0.467 e. The molecule has 4 atom stereocenters. The lowest BCUT2D eigenvalue weighted by Gasteiger charge is -2.47. The van der Waals surface area contributed by atoms with Crippen LogP contribution in [-0.4, -0.2) is 108 Å². The number of hydrogen-bond donors (Lipinski definition) is 2. The number of methoxy groups -OCH3 is 1. The fourth-order valence-corrected chi connectivity index (χ4v) is 9.19. The number of benzene rings is 2. The average molecular weight is 805 g/mol. The van der Waals surface area contributed by atoms with Gasteiger partial charge in [-0.1, -0.05) is 6.07 Å². The Morgan fingerprint density at radius 3 is 2.43 bits per heavy atom. The maximum Gasteiger partial charge on any atom is 0.417 e. The van der Waals surface area contributed by atoms with Gasteiger partial charge < -0.3 is 30.3 Å². The highest BCUT2D eigenvalue weighted by Crippen LogP contribution is 2.47. The Morgan fingerprint density at radius 1 is 1.09 bits per heavy atom. The van der Waals surface area contributed by atoms with Gasteiger partial charge in [-0.05, 0) is 63.3 Å². The lowest BCUT2D eigenvalue weighted by atomic mass is 9.92. The number of alkyl halides is 4. The maximum absolute atomic E-state index is 15.9. The van der Waals surface area contributed by atoms with Gasteiger partial charge in [-0.2, -0.15) is 28.4 Å². The zero-order chi connectivity index (χ0) is 39.9. The van der Waals surface area contributed by atoms with E-state index in [-0.39, 0.29) is 56.0 Å². The van der Waals surface area contributed by atoms with Gasteiger partial charge in [0.1, 0.15) is 34.4 Å². The predicted molar refractivity (Wildman–Crippen MR) is 200 cm³/mol. The molecule has 6 fully saturated rings. The average Bonchev–Trinajstić information content (AvgIpc) is 3.97. The number of carbonyl (C=O) groups is 1. The Kier molecular flexibility index (Phi) is 11.4. The van der Waals surface area contributed by atoms with Crippen LogP contribution in [0.5, 0.6) is 6.01 Å². The molecule has 8 heterocycles. The number of carbonyl (C=O) groups excluding carboxylic acids is 1. The number of nitrogens with one attached hydrogen (secondary N) is 1. The summed E-state index contributed by atoms with van der Waals surface area (Å²) in [5.74, 6) is -2.15. The van der Waals surface area contributed by atoms with E-state index >= 15 is 4.39 Å². The van der Waals surface area contributed by atoms with Gasteiger partial charge in [0.2, 0.25) is 0 Å². The van der Waals surface area contributed by atoms with E-state index in [4.69, 9.17) is 15.2 Å². The molecule has 0 aliphatic carbocycles. The number of rotatable bonds is 4. The monoisotopic (exact) mass is 804 g/mol. The molecular formula is C38H42F6N8O3S. The molecule has 18 heteroatoms. The third-order valence-corrected chi connectivity index (χ3v) is 11.8. The first kappa shape index (κ1) is 39.6. The molecule has 3 N–H and O–H groups in total. The molecule has 56 heavy (non-hydrogen) atoms. The highest BCUT2D eigenvalue weighted by Gasteiger charge is 2.42. The van der Waals surface area contributed by atoms with E-state index in [2.05, 4.69) is 20.2 Å². The summed E-state index contributed by atoms with van der Waals surface area (Å²) in [5, 5.41) is 11.8. The fraction of sp³-hybridized carbons (Fsp3) is 0.526. The summed E-state index contributed by atoms with van der Waals surface area (Å²) in [5.41, 5.74) is 2.59. The Bertz CT molecular complexity index is 2130. The van der Waals surface area contributed by atoms with Gasteiger partial charge in [0.25, 0.3) is 0 Å². The highest BCUT2D eigenvalue weighted by atomic mass is 32.1. The van der Waals surface area contributed by atoms with Crippen LogP contribution in [0.2, 0.25) is 0 Å². The standard InChI is InChI=1S/C21H14F5N5OS.C10H16N2O2.C7H12FN/c1-3-29-19-9-6-11(21(24,25)26)14(15(23)16(9)30-20(31-19)32-2)8-4-5-12(22)17-13(8)10(7-27)18(28)33-17;13-10(11-3-1-2-4-11)12-6-8-5-9(7-12)14-8;8-6-4-7-2-1-3-9(7)5-6/h4-6H,3,28H2,1-2H3,(H,29,30,31);8-9H,1-7H2;6-7H,1-5H2. The minimum Gasteiger partial charge on any atom is -0.467 e. The van der Waals surface area contributed by atoms with Crippen LogP contribution in [0.25, 0.3) is 32.1 Å². The Morgan fingerprint density at radius 2 is 1.80 bits per heavy atom. The number of anilines is 2. The molecule has 2 amide bonds. The number of urea groups is 1. The third kappa shape index (κ3) is 7.72. The lowest BCUT2D eigenvalue weighted by Crippen LogP contribution is -2.60. The van der Waals surface area contributed by atoms with E-state index < -0.39 is 40.6 Å². The molecule has 6 saturated heterocycles. The number of nitrogen functional groups attached to an aromatic ring is 1. The van der Waals surface area contributed by atoms with Crippen LogP contribution in [0.3, 0.4) is 0 Å². The number of likely N-dealkylation sites (tertiary alicyclic amines) is 1. The van der Waals surface area contributed by atoms with Crippen molar-refractivity contribution in [2.75, 3.05) is 64.0 Å². The fourth-order valence-electron chi connectivity index (χ4n) is 8.24. The molecule has 2 aromatic heterocycles. The van der Waals surface area contributed by atoms with Crippen LogP contribution in [0.15, 0.2) is 18.2 Å². The molecule has 300 valence electrons. The molecule has 0 saturated carbocycles. The number of amides is 2. The molecule has 10 rings (SSSR count). The van der Waals surface area contributed by atoms with E-state index in [1.54, 1.807) is 13.0 Å². The summed E-state index contributed by atoms with van der Waals surface area (Å²) in [6.07, 6.45) is 1.98. The summed E-state index contributed by atoms with van der Waals surface area (Å²) in [4.78, 5) is 26.1. The molecule has 4 aromatic rings. The molecule has 4 unspecified atom stereocenters. The Labute approximate surface area is 323 Å². The van der Waals surface area contributed by atoms with Crippen molar-refractivity contribution in [1.29, 1.82) is 5.26 Å². The van der Waals surface area contributed by atoms with Crippen molar-refractivity contribution in [1.82, 2.24) is 24.7 Å². The lowest BCUT2D eigenvalue weighted by molar-refractivity contribution is -0.171. The van der Waals surface area contributed by atoms with Crippen molar-refractivity contribution in [3.8, 4) is 23.2 Å². The van der Waals surface area contributed by atoms with Crippen molar-refractivity contribution in [2.24, 2.45) is 0 Å². The van der Waals surface area contributed by atoms with Crippen molar-refractivity contribution in [3.63, 3.8) is 0 Å². The molecule has 0 spiro atoms. The van der Waals surface area contributed by atoms with Crippen molar-refractivity contribution < 1.29 is 40.6 Å². The summed E-state index contributed by atoms with van der Waals surface area (Å²) in [7, 11) is 1.23. The number of aromatic nitrogens is 2. The summed E-state index contributed by atoms with van der Waals surface area (Å²) >= 11 is 0.698. The molecule has 2 bridgehead atoms. The topological polar surface area (TPSA) is 133 Å². The first-order chi connectivity index (χ1) is 26.8. The number of nitrogens with two attached hydrogens (primary N) is 1. The second kappa shape index (κ2) is 16.1. The van der Waals surface area contributed by atoms with Crippen molar-refractivity contribution in [2.45, 2.75) is 76.0 Å². The van der Waals surface area contributed by atoms with E-state index in [1.165, 1.54) is 32.8 Å². The molecule has 6 aliphatic heterocycles. The van der Waals surface area contributed by atoms with Crippen LogP contribution in [-0.2, 0) is 10.9 Å². The maximum atomic E-state index is 15.9. The van der Waals surface area contributed by atoms with Gasteiger partial charge in [-0.15, -0.1) is 11.3 Å². The van der Waals surface area contributed by atoms with Crippen molar-refractivity contribution in [3.05, 3.63) is 41.0 Å². The van der Waals surface area contributed by atoms with Crippen molar-refractivity contribution >= 4 is 49.2 Å². The smallest absolute Gasteiger partial charge is 0.417 e. The van der Waals surface area contributed by atoms with Gasteiger partial charge in [0, 0.05) is 68.1 Å². The minimum atomic E-state index is -5.00. The number of halogens is 6. The van der Waals surface area contributed by atoms with Gasteiger partial charge in [0.15, 0.2) is 5.82 Å². The van der Waals surface area contributed by atoms with E-state index in [0.717, 1.165) is 63.8 Å². The van der Waals surface area contributed by atoms with E-state index in [1.807, 2.05) is 9.80 Å². The second-order valence-corrected chi connectivity index (χ2v) is 15.5. The van der Waals surface area contributed by atoms with Crippen LogP contribution >= 0.6 is 11.3 Å². The quantitative estimate of drug-likeness (QED) is 0.201. The zero-order valence-corrected chi connectivity index (χ0v) is 31.7. The number of piperidine rings is 1. The number of hydrogen-bond acceptors (Lipinski definition) is 10. The van der Waals surface area contributed by atoms with E-state index in [9.17, 15) is 32.0 Å². The summed E-state index contributed by atoms with van der Waals surface area (Å²) in [6, 6.07) is 4.99. The minimum absolute atomic E-state index is 0.0444. The van der Waals surface area contributed by atoms with Crippen LogP contribution < -0.4 is 15.8 Å². The molecule has 0 radical (unpaired) electrons. The predicted octanol–water partition coefficient (Wildman–Crippen LogP) is 7.57. The number of ether oxygens (including phenoxy) is 2. The number of nitriles is 1. The third-order valence-electron chi connectivity index (χ3n) is 10.8. The second-order valence-electron chi connectivity index (χ2n) is 14.5. The molecule has 2 aromatic carbocycles. The normalized spacial score (nSPS) is 22.8. The van der Waals surface area contributed by atoms with Gasteiger partial charge >= 0.3 is 18.2 Å². The first-order valence-corrected chi connectivity index (χ1v) is 19.5. The summed E-state index contributed by atoms with van der Waals surface area (Å²) < 4.78 is 95.7.